The predicted molar refractivity (Wildman–Crippen MR) is 67.4 cm³/mol. The van der Waals surface area contributed by atoms with E-state index in [1.807, 2.05) is 14.1 Å². The lowest BCUT2D eigenvalue weighted by Gasteiger charge is -2.25. The van der Waals surface area contributed by atoms with E-state index in [1.54, 1.807) is 0 Å². The van der Waals surface area contributed by atoms with Gasteiger partial charge in [0, 0.05) is 26.7 Å². The van der Waals surface area contributed by atoms with E-state index in [4.69, 9.17) is 0 Å². The van der Waals surface area contributed by atoms with Crippen LogP contribution in [0.4, 0.5) is 0 Å². The number of guanidine groups is 1. The minimum Gasteiger partial charge on any atom is -0.359 e. The third-order valence-electron chi connectivity index (χ3n) is 2.89. The van der Waals surface area contributed by atoms with Crippen LogP contribution in [-0.2, 0) is 6.54 Å². The molecule has 1 saturated carbocycles. The molecule has 1 aromatic carbocycles. The Hall–Kier alpha value is -1.51. The number of nitrogens with zero attached hydrogens (tertiary/aromatic N) is 2. The molecule has 86 valence electrons. The number of hydrogen-bond acceptors (Lipinski definition) is 1. The SMILES string of the molecule is CN=C(NC)N(Cc1ccccc1)C1CC1. The quantitative estimate of drug-likeness (QED) is 0.618. The fraction of sp³-hybridized carbons (Fsp3) is 0.462. The highest BCUT2D eigenvalue weighted by Crippen LogP contribution is 2.28. The van der Waals surface area contributed by atoms with E-state index in [2.05, 4.69) is 45.5 Å². The first-order valence-electron chi connectivity index (χ1n) is 5.80. The van der Waals surface area contributed by atoms with Gasteiger partial charge in [0.25, 0.3) is 0 Å². The average molecular weight is 217 g/mol. The van der Waals surface area contributed by atoms with Crippen LogP contribution in [0.3, 0.4) is 0 Å². The summed E-state index contributed by atoms with van der Waals surface area (Å²) in [5, 5.41) is 3.17. The lowest BCUT2D eigenvalue weighted by atomic mass is 10.2. The minimum absolute atomic E-state index is 0.673. The molecule has 3 nitrogen and oxygen atoms in total. The van der Waals surface area contributed by atoms with Gasteiger partial charge in [-0.15, -0.1) is 0 Å². The number of benzene rings is 1. The Labute approximate surface area is 97.2 Å². The standard InChI is InChI=1S/C13H19N3/c1-14-13(15-2)16(12-8-9-12)10-11-6-4-3-5-7-11/h3-7,12H,8-10H2,1-2H3,(H,14,15). The van der Waals surface area contributed by atoms with Crippen molar-refractivity contribution in [2.24, 2.45) is 4.99 Å². The summed E-state index contributed by atoms with van der Waals surface area (Å²) in [6, 6.07) is 11.2. The van der Waals surface area contributed by atoms with Crippen LogP contribution in [0.5, 0.6) is 0 Å². The van der Waals surface area contributed by atoms with Gasteiger partial charge in [0.2, 0.25) is 0 Å². The molecule has 0 radical (unpaired) electrons. The van der Waals surface area contributed by atoms with Crippen LogP contribution in [-0.4, -0.2) is 31.0 Å². The van der Waals surface area contributed by atoms with Crippen LogP contribution in [0, 0.1) is 0 Å². The van der Waals surface area contributed by atoms with Crippen molar-refractivity contribution in [1.29, 1.82) is 0 Å². The van der Waals surface area contributed by atoms with E-state index in [-0.39, 0.29) is 0 Å². The molecular weight excluding hydrogens is 198 g/mol. The Morgan fingerprint density at radius 3 is 2.56 bits per heavy atom. The zero-order chi connectivity index (χ0) is 11.4. The number of nitrogens with one attached hydrogen (secondary N) is 1. The first kappa shape index (κ1) is 11.0. The van der Waals surface area contributed by atoms with Crippen LogP contribution >= 0.6 is 0 Å². The van der Waals surface area contributed by atoms with Gasteiger partial charge < -0.3 is 10.2 Å². The molecular formula is C13H19N3. The van der Waals surface area contributed by atoms with Gasteiger partial charge >= 0.3 is 0 Å². The van der Waals surface area contributed by atoms with Crippen LogP contribution in [0.25, 0.3) is 0 Å². The maximum absolute atomic E-state index is 4.30. The molecule has 1 fully saturated rings. The first-order chi connectivity index (χ1) is 7.85. The molecule has 3 heteroatoms. The maximum atomic E-state index is 4.30. The van der Waals surface area contributed by atoms with Crippen LogP contribution in [0.1, 0.15) is 18.4 Å². The lowest BCUT2D eigenvalue weighted by Crippen LogP contribution is -2.40. The molecule has 0 bridgehead atoms. The lowest BCUT2D eigenvalue weighted by molar-refractivity contribution is 0.390. The highest BCUT2D eigenvalue weighted by Gasteiger charge is 2.30. The van der Waals surface area contributed by atoms with Gasteiger partial charge in [-0.2, -0.15) is 0 Å². The number of aliphatic imine (C=N–C) groups is 1. The zero-order valence-electron chi connectivity index (χ0n) is 9.98. The molecule has 0 amide bonds. The molecule has 0 atom stereocenters. The van der Waals surface area contributed by atoms with Gasteiger partial charge in [-0.3, -0.25) is 4.99 Å². The van der Waals surface area contributed by atoms with Gasteiger partial charge in [0.1, 0.15) is 0 Å². The summed E-state index contributed by atoms with van der Waals surface area (Å²) in [5.74, 6) is 0.992. The second-order valence-corrected chi connectivity index (χ2v) is 4.14. The summed E-state index contributed by atoms with van der Waals surface area (Å²) in [6.07, 6.45) is 2.57. The van der Waals surface area contributed by atoms with E-state index in [9.17, 15) is 0 Å². The van der Waals surface area contributed by atoms with E-state index in [0.29, 0.717) is 6.04 Å². The van der Waals surface area contributed by atoms with Gasteiger partial charge in [-0.05, 0) is 18.4 Å². The zero-order valence-corrected chi connectivity index (χ0v) is 9.98. The summed E-state index contributed by atoms with van der Waals surface area (Å²) in [7, 11) is 3.77. The Balaban J connectivity index is 2.09. The van der Waals surface area contributed by atoms with Crippen LogP contribution in [0.2, 0.25) is 0 Å². The van der Waals surface area contributed by atoms with Crippen molar-refractivity contribution in [3.8, 4) is 0 Å². The summed E-state index contributed by atoms with van der Waals surface area (Å²) < 4.78 is 0. The second kappa shape index (κ2) is 5.01. The molecule has 2 rings (SSSR count). The van der Waals surface area contributed by atoms with Gasteiger partial charge in [-0.1, -0.05) is 30.3 Å². The monoisotopic (exact) mass is 217 g/mol. The van der Waals surface area contributed by atoms with Crippen LogP contribution in [0.15, 0.2) is 35.3 Å². The maximum Gasteiger partial charge on any atom is 0.193 e. The van der Waals surface area contributed by atoms with Crippen molar-refractivity contribution in [2.45, 2.75) is 25.4 Å². The van der Waals surface area contributed by atoms with Crippen LogP contribution < -0.4 is 5.32 Å². The Bertz CT molecular complexity index is 355. The molecule has 0 aromatic heterocycles. The first-order valence-corrected chi connectivity index (χ1v) is 5.80. The molecule has 0 unspecified atom stereocenters. The second-order valence-electron chi connectivity index (χ2n) is 4.14. The minimum atomic E-state index is 0.673. The highest BCUT2D eigenvalue weighted by atomic mass is 15.3. The molecule has 0 spiro atoms. The predicted octanol–water partition coefficient (Wildman–Crippen LogP) is 1.86. The summed E-state index contributed by atoms with van der Waals surface area (Å²) in [5.41, 5.74) is 1.34. The highest BCUT2D eigenvalue weighted by molar-refractivity contribution is 5.80. The average Bonchev–Trinajstić information content (AvgIpc) is 3.14. The Morgan fingerprint density at radius 1 is 1.38 bits per heavy atom. The smallest absolute Gasteiger partial charge is 0.193 e. The fourth-order valence-corrected chi connectivity index (χ4v) is 1.93. The van der Waals surface area contributed by atoms with E-state index >= 15 is 0 Å². The molecule has 0 saturated heterocycles. The van der Waals surface area contributed by atoms with E-state index in [1.165, 1.54) is 18.4 Å². The van der Waals surface area contributed by atoms with Gasteiger partial charge in [-0.25, -0.2) is 0 Å². The number of rotatable bonds is 3. The van der Waals surface area contributed by atoms with Crippen molar-refractivity contribution < 1.29 is 0 Å². The summed E-state index contributed by atoms with van der Waals surface area (Å²) >= 11 is 0. The topological polar surface area (TPSA) is 27.6 Å². The van der Waals surface area contributed by atoms with Gasteiger partial charge in [0.15, 0.2) is 5.96 Å². The van der Waals surface area contributed by atoms with Crippen molar-refractivity contribution in [1.82, 2.24) is 10.2 Å². The van der Waals surface area contributed by atoms with E-state index < -0.39 is 0 Å². The molecule has 1 aliphatic carbocycles. The third-order valence-corrected chi connectivity index (χ3v) is 2.89. The largest absolute Gasteiger partial charge is 0.359 e. The summed E-state index contributed by atoms with van der Waals surface area (Å²) in [4.78, 5) is 6.65. The number of hydrogen-bond donors (Lipinski definition) is 1. The van der Waals surface area contributed by atoms with Gasteiger partial charge in [0.05, 0.1) is 0 Å². The molecule has 1 N–H and O–H groups in total. The van der Waals surface area contributed by atoms with Crippen molar-refractivity contribution in [2.75, 3.05) is 14.1 Å². The Morgan fingerprint density at radius 2 is 2.06 bits per heavy atom. The molecule has 1 aliphatic rings. The molecule has 16 heavy (non-hydrogen) atoms. The van der Waals surface area contributed by atoms with Crippen molar-refractivity contribution in [3.63, 3.8) is 0 Å². The Kier molecular flexibility index (Phi) is 3.44. The van der Waals surface area contributed by atoms with Crippen molar-refractivity contribution in [3.05, 3.63) is 35.9 Å². The molecule has 1 aromatic rings. The van der Waals surface area contributed by atoms with E-state index in [0.717, 1.165) is 12.5 Å². The molecule has 0 heterocycles. The summed E-state index contributed by atoms with van der Waals surface area (Å²) in [6.45, 7) is 0.943. The van der Waals surface area contributed by atoms with Crippen molar-refractivity contribution >= 4 is 5.96 Å². The fourth-order valence-electron chi connectivity index (χ4n) is 1.93. The third kappa shape index (κ3) is 2.54. The normalized spacial score (nSPS) is 16.0. The molecule has 0 aliphatic heterocycles.